The van der Waals surface area contributed by atoms with Crippen LogP contribution in [0.2, 0.25) is 5.02 Å². The molecule has 0 spiro atoms. The predicted octanol–water partition coefficient (Wildman–Crippen LogP) is 2.67. The molecule has 0 amide bonds. The minimum Gasteiger partial charge on any atom is -0.340 e. The Bertz CT molecular complexity index is 525. The first kappa shape index (κ1) is 13.1. The highest BCUT2D eigenvalue weighted by molar-refractivity contribution is 6.31. The highest BCUT2D eigenvalue weighted by Crippen LogP contribution is 2.16. The lowest BCUT2D eigenvalue weighted by Crippen LogP contribution is -2.17. The molecular weight excluding hydrogens is 250 g/mol. The van der Waals surface area contributed by atoms with Gasteiger partial charge in [0.1, 0.15) is 0 Å². The number of aryl methyl sites for hydroxylation is 2. The summed E-state index contributed by atoms with van der Waals surface area (Å²) in [6, 6.07) is 6.09. The van der Waals surface area contributed by atoms with Crippen LogP contribution in [0.5, 0.6) is 0 Å². The summed E-state index contributed by atoms with van der Waals surface area (Å²) < 4.78 is 4.90. The molecule has 2 rings (SSSR count). The molecule has 0 aliphatic rings. The van der Waals surface area contributed by atoms with E-state index in [0.29, 0.717) is 5.89 Å². The van der Waals surface area contributed by atoms with Gasteiger partial charge < -0.3 is 9.84 Å². The van der Waals surface area contributed by atoms with Gasteiger partial charge in [-0.1, -0.05) is 28.9 Å². The fraction of sp³-hybridized carbons (Fsp3) is 0.385. The summed E-state index contributed by atoms with van der Waals surface area (Å²) >= 11 is 6.07. The third-order valence-corrected chi connectivity index (χ3v) is 3.07. The highest BCUT2D eigenvalue weighted by Gasteiger charge is 2.02. The first-order valence-electron chi connectivity index (χ1n) is 5.90. The number of nitrogens with one attached hydrogen (secondary N) is 1. The van der Waals surface area contributed by atoms with E-state index in [1.807, 2.05) is 19.1 Å². The number of rotatable bonds is 5. The Morgan fingerprint density at radius 1 is 1.33 bits per heavy atom. The van der Waals surface area contributed by atoms with Crippen molar-refractivity contribution in [1.29, 1.82) is 0 Å². The lowest BCUT2D eigenvalue weighted by molar-refractivity contribution is 0.387. The summed E-state index contributed by atoms with van der Waals surface area (Å²) in [7, 11) is 0. The van der Waals surface area contributed by atoms with Crippen LogP contribution >= 0.6 is 11.6 Å². The molecular formula is C13H16ClN3O. The molecule has 96 valence electrons. The van der Waals surface area contributed by atoms with E-state index in [-0.39, 0.29) is 0 Å². The minimum atomic E-state index is 0.607. The number of benzene rings is 1. The van der Waals surface area contributed by atoms with Gasteiger partial charge in [0.2, 0.25) is 5.89 Å². The Kier molecular flexibility index (Phi) is 4.33. The summed E-state index contributed by atoms with van der Waals surface area (Å²) in [6.45, 7) is 5.39. The Labute approximate surface area is 111 Å². The summed E-state index contributed by atoms with van der Waals surface area (Å²) in [5.41, 5.74) is 2.28. The summed E-state index contributed by atoms with van der Waals surface area (Å²) in [5.74, 6) is 1.34. The van der Waals surface area contributed by atoms with Crippen molar-refractivity contribution in [3.05, 3.63) is 46.1 Å². The average molecular weight is 266 g/mol. The van der Waals surface area contributed by atoms with E-state index in [1.54, 1.807) is 6.92 Å². The largest absolute Gasteiger partial charge is 0.340 e. The molecule has 5 heteroatoms. The van der Waals surface area contributed by atoms with Crippen LogP contribution in [0.3, 0.4) is 0 Å². The van der Waals surface area contributed by atoms with Gasteiger partial charge >= 0.3 is 0 Å². The maximum atomic E-state index is 6.07. The lowest BCUT2D eigenvalue weighted by Gasteiger charge is -2.05. The summed E-state index contributed by atoms with van der Waals surface area (Å²) in [5, 5.41) is 7.97. The van der Waals surface area contributed by atoms with E-state index in [4.69, 9.17) is 16.1 Å². The summed E-state index contributed by atoms with van der Waals surface area (Å²) in [4.78, 5) is 4.14. The molecule has 0 unspecified atom stereocenters. The molecule has 4 nitrogen and oxygen atoms in total. The topological polar surface area (TPSA) is 51.0 Å². The Hall–Kier alpha value is -1.39. The first-order chi connectivity index (χ1) is 8.65. The van der Waals surface area contributed by atoms with Crippen LogP contribution in [0.1, 0.15) is 22.8 Å². The normalized spacial score (nSPS) is 10.8. The van der Waals surface area contributed by atoms with Gasteiger partial charge in [0.25, 0.3) is 0 Å². The van der Waals surface area contributed by atoms with Crippen LogP contribution in [0.4, 0.5) is 0 Å². The van der Waals surface area contributed by atoms with Crippen molar-refractivity contribution in [1.82, 2.24) is 15.5 Å². The minimum absolute atomic E-state index is 0.607. The van der Waals surface area contributed by atoms with Crippen molar-refractivity contribution in [2.24, 2.45) is 0 Å². The predicted molar refractivity (Wildman–Crippen MR) is 70.6 cm³/mol. The van der Waals surface area contributed by atoms with Crippen molar-refractivity contribution in [2.75, 3.05) is 6.54 Å². The molecule has 1 aromatic carbocycles. The van der Waals surface area contributed by atoms with Crippen LogP contribution in [-0.2, 0) is 13.0 Å². The molecule has 0 saturated carbocycles. The van der Waals surface area contributed by atoms with Gasteiger partial charge in [0.05, 0.1) is 0 Å². The lowest BCUT2D eigenvalue weighted by atomic mass is 10.1. The second kappa shape index (κ2) is 5.98. The highest BCUT2D eigenvalue weighted by atomic mass is 35.5. The molecule has 0 saturated heterocycles. The number of hydrogen-bond donors (Lipinski definition) is 1. The van der Waals surface area contributed by atoms with Crippen molar-refractivity contribution < 1.29 is 4.52 Å². The van der Waals surface area contributed by atoms with Crippen molar-refractivity contribution in [3.63, 3.8) is 0 Å². The van der Waals surface area contributed by atoms with E-state index in [0.717, 1.165) is 35.9 Å². The second-order valence-corrected chi connectivity index (χ2v) is 4.65. The standard InChI is InChI=1S/C13H16ClN3O/c1-9-3-4-11(7-12(9)14)8-15-6-5-13-16-10(2)18-17-13/h3-4,7,15H,5-6,8H2,1-2H3. The zero-order chi connectivity index (χ0) is 13.0. The first-order valence-corrected chi connectivity index (χ1v) is 6.28. The molecule has 0 aliphatic heterocycles. The van der Waals surface area contributed by atoms with Crippen LogP contribution < -0.4 is 5.32 Å². The molecule has 18 heavy (non-hydrogen) atoms. The molecule has 1 heterocycles. The second-order valence-electron chi connectivity index (χ2n) is 4.24. The van der Waals surface area contributed by atoms with E-state index in [9.17, 15) is 0 Å². The fourth-order valence-electron chi connectivity index (χ4n) is 1.62. The van der Waals surface area contributed by atoms with Gasteiger partial charge in [0, 0.05) is 31.5 Å². The molecule has 2 aromatic rings. The van der Waals surface area contributed by atoms with Gasteiger partial charge in [0.15, 0.2) is 5.82 Å². The number of halogens is 1. The Balaban J connectivity index is 1.76. The van der Waals surface area contributed by atoms with Crippen LogP contribution in [0.15, 0.2) is 22.7 Å². The van der Waals surface area contributed by atoms with Gasteiger partial charge in [-0.3, -0.25) is 0 Å². The summed E-state index contributed by atoms with van der Waals surface area (Å²) in [6.07, 6.45) is 0.761. The molecule has 0 atom stereocenters. The average Bonchev–Trinajstić information content (AvgIpc) is 2.75. The van der Waals surface area contributed by atoms with Gasteiger partial charge in [-0.05, 0) is 24.1 Å². The molecule has 0 fully saturated rings. The van der Waals surface area contributed by atoms with Crippen molar-refractivity contribution in [2.45, 2.75) is 26.8 Å². The zero-order valence-electron chi connectivity index (χ0n) is 10.5. The van der Waals surface area contributed by atoms with Crippen molar-refractivity contribution in [3.8, 4) is 0 Å². The quantitative estimate of drug-likeness (QED) is 0.845. The molecule has 1 aromatic heterocycles. The number of nitrogens with zero attached hydrogens (tertiary/aromatic N) is 2. The van der Waals surface area contributed by atoms with E-state index in [1.165, 1.54) is 5.56 Å². The van der Waals surface area contributed by atoms with Gasteiger partial charge in [-0.2, -0.15) is 4.98 Å². The van der Waals surface area contributed by atoms with Crippen LogP contribution in [0, 0.1) is 13.8 Å². The van der Waals surface area contributed by atoms with Crippen LogP contribution in [0.25, 0.3) is 0 Å². The third kappa shape index (κ3) is 3.55. The maximum absolute atomic E-state index is 6.07. The van der Waals surface area contributed by atoms with Gasteiger partial charge in [-0.25, -0.2) is 0 Å². The van der Waals surface area contributed by atoms with Crippen molar-refractivity contribution >= 4 is 11.6 Å². The monoisotopic (exact) mass is 265 g/mol. The maximum Gasteiger partial charge on any atom is 0.223 e. The Morgan fingerprint density at radius 3 is 2.83 bits per heavy atom. The van der Waals surface area contributed by atoms with E-state index in [2.05, 4.69) is 21.5 Å². The third-order valence-electron chi connectivity index (χ3n) is 2.66. The number of hydrogen-bond acceptors (Lipinski definition) is 4. The van der Waals surface area contributed by atoms with Crippen LogP contribution in [-0.4, -0.2) is 16.7 Å². The molecule has 0 bridgehead atoms. The molecule has 1 N–H and O–H groups in total. The molecule has 0 aliphatic carbocycles. The number of aromatic nitrogens is 2. The molecule has 0 radical (unpaired) electrons. The van der Waals surface area contributed by atoms with Gasteiger partial charge in [-0.15, -0.1) is 0 Å². The van der Waals surface area contributed by atoms with E-state index >= 15 is 0 Å². The fourth-order valence-corrected chi connectivity index (χ4v) is 1.83. The zero-order valence-corrected chi connectivity index (χ0v) is 11.3. The Morgan fingerprint density at radius 2 is 2.17 bits per heavy atom. The van der Waals surface area contributed by atoms with E-state index < -0.39 is 0 Å². The smallest absolute Gasteiger partial charge is 0.223 e. The SMILES string of the molecule is Cc1nc(CCNCc2ccc(C)c(Cl)c2)no1.